The first-order valence-corrected chi connectivity index (χ1v) is 5.05. The van der Waals surface area contributed by atoms with Gasteiger partial charge in [-0.1, -0.05) is 18.7 Å². The van der Waals surface area contributed by atoms with Crippen LogP contribution in [0.15, 0.2) is 30.8 Å². The van der Waals surface area contributed by atoms with Gasteiger partial charge in [-0.2, -0.15) is 0 Å². The van der Waals surface area contributed by atoms with E-state index < -0.39 is 0 Å². The van der Waals surface area contributed by atoms with Crippen molar-refractivity contribution in [3.63, 3.8) is 0 Å². The lowest BCUT2D eigenvalue weighted by atomic mass is 10.1. The summed E-state index contributed by atoms with van der Waals surface area (Å²) in [6.07, 6.45) is 0. The highest BCUT2D eigenvalue weighted by Gasteiger charge is 2.13. The molecule has 1 aliphatic heterocycles. The SMILES string of the molecule is C=C(c1ccc(F)cc1)N1CCOCC1. The average Bonchev–Trinajstić information content (AvgIpc) is 2.30. The van der Waals surface area contributed by atoms with Gasteiger partial charge in [0.2, 0.25) is 0 Å². The van der Waals surface area contributed by atoms with E-state index in [9.17, 15) is 4.39 Å². The first-order chi connectivity index (χ1) is 7.27. The van der Waals surface area contributed by atoms with E-state index in [0.717, 1.165) is 37.6 Å². The Morgan fingerprint density at radius 3 is 2.40 bits per heavy atom. The van der Waals surface area contributed by atoms with E-state index in [4.69, 9.17) is 4.74 Å². The topological polar surface area (TPSA) is 12.5 Å². The molecular weight excluding hydrogens is 193 g/mol. The summed E-state index contributed by atoms with van der Waals surface area (Å²) in [5, 5.41) is 0. The maximum Gasteiger partial charge on any atom is 0.123 e. The van der Waals surface area contributed by atoms with Gasteiger partial charge in [-0.05, 0) is 17.7 Å². The molecule has 0 saturated carbocycles. The maximum atomic E-state index is 12.7. The standard InChI is InChI=1S/C12H14FNO/c1-10(14-6-8-15-9-7-14)11-2-4-12(13)5-3-11/h2-5H,1,6-9H2. The lowest BCUT2D eigenvalue weighted by Gasteiger charge is -2.30. The van der Waals surface area contributed by atoms with Gasteiger partial charge in [0, 0.05) is 18.8 Å². The summed E-state index contributed by atoms with van der Waals surface area (Å²) in [6.45, 7) is 7.21. The molecule has 3 heteroatoms. The van der Waals surface area contributed by atoms with Crippen molar-refractivity contribution in [1.82, 2.24) is 4.90 Å². The van der Waals surface area contributed by atoms with E-state index in [-0.39, 0.29) is 5.82 Å². The second kappa shape index (κ2) is 4.45. The Kier molecular flexibility index (Phi) is 3.02. The maximum absolute atomic E-state index is 12.7. The smallest absolute Gasteiger partial charge is 0.123 e. The first kappa shape index (κ1) is 10.2. The van der Waals surface area contributed by atoms with Gasteiger partial charge in [0.05, 0.1) is 13.2 Å². The summed E-state index contributed by atoms with van der Waals surface area (Å²) < 4.78 is 18.0. The summed E-state index contributed by atoms with van der Waals surface area (Å²) in [5.41, 5.74) is 1.91. The van der Waals surface area contributed by atoms with Crippen molar-refractivity contribution in [2.45, 2.75) is 0 Å². The molecule has 0 atom stereocenters. The van der Waals surface area contributed by atoms with Crippen molar-refractivity contribution < 1.29 is 9.13 Å². The molecule has 0 aliphatic carbocycles. The van der Waals surface area contributed by atoms with Crippen LogP contribution in [0.5, 0.6) is 0 Å². The molecule has 2 nitrogen and oxygen atoms in total. The van der Waals surface area contributed by atoms with Gasteiger partial charge in [-0.25, -0.2) is 4.39 Å². The van der Waals surface area contributed by atoms with Crippen molar-refractivity contribution in [3.05, 3.63) is 42.2 Å². The fourth-order valence-corrected chi connectivity index (χ4v) is 1.66. The van der Waals surface area contributed by atoms with E-state index in [0.29, 0.717) is 0 Å². The van der Waals surface area contributed by atoms with Gasteiger partial charge < -0.3 is 9.64 Å². The molecular formula is C12H14FNO. The number of nitrogens with zero attached hydrogens (tertiary/aromatic N) is 1. The third-order valence-corrected chi connectivity index (χ3v) is 2.57. The van der Waals surface area contributed by atoms with Crippen LogP contribution in [0.4, 0.5) is 4.39 Å². The number of rotatable bonds is 2. The van der Waals surface area contributed by atoms with E-state index in [1.807, 2.05) is 0 Å². The van der Waals surface area contributed by atoms with Crippen LogP contribution in [-0.4, -0.2) is 31.2 Å². The minimum absolute atomic E-state index is 0.214. The molecule has 0 amide bonds. The van der Waals surface area contributed by atoms with E-state index >= 15 is 0 Å². The minimum Gasteiger partial charge on any atom is -0.378 e. The predicted octanol–water partition coefficient (Wildman–Crippen LogP) is 2.13. The van der Waals surface area contributed by atoms with Crippen LogP contribution in [-0.2, 0) is 4.74 Å². The van der Waals surface area contributed by atoms with E-state index in [1.165, 1.54) is 12.1 Å². The molecule has 0 unspecified atom stereocenters. The molecule has 0 radical (unpaired) electrons. The average molecular weight is 207 g/mol. The molecule has 1 heterocycles. The molecule has 0 aromatic heterocycles. The van der Waals surface area contributed by atoms with Gasteiger partial charge in [0.15, 0.2) is 0 Å². The number of benzene rings is 1. The molecule has 1 saturated heterocycles. The van der Waals surface area contributed by atoms with Crippen LogP contribution in [0.2, 0.25) is 0 Å². The van der Waals surface area contributed by atoms with Crippen molar-refractivity contribution in [1.29, 1.82) is 0 Å². The molecule has 1 aliphatic rings. The molecule has 15 heavy (non-hydrogen) atoms. The summed E-state index contributed by atoms with van der Waals surface area (Å²) in [5.74, 6) is -0.214. The lowest BCUT2D eigenvalue weighted by Crippen LogP contribution is -2.34. The molecule has 2 rings (SSSR count). The van der Waals surface area contributed by atoms with Crippen LogP contribution in [0.3, 0.4) is 0 Å². The number of ether oxygens (including phenoxy) is 1. The lowest BCUT2D eigenvalue weighted by molar-refractivity contribution is 0.0641. The van der Waals surface area contributed by atoms with E-state index in [2.05, 4.69) is 11.5 Å². The summed E-state index contributed by atoms with van der Waals surface area (Å²) in [7, 11) is 0. The highest BCUT2D eigenvalue weighted by molar-refractivity contribution is 5.61. The summed E-state index contributed by atoms with van der Waals surface area (Å²) >= 11 is 0. The summed E-state index contributed by atoms with van der Waals surface area (Å²) in [4.78, 5) is 2.16. The highest BCUT2D eigenvalue weighted by atomic mass is 19.1. The van der Waals surface area contributed by atoms with Crippen LogP contribution in [0.1, 0.15) is 5.56 Å². The Morgan fingerprint density at radius 1 is 1.20 bits per heavy atom. The number of hydrogen-bond donors (Lipinski definition) is 0. The van der Waals surface area contributed by atoms with Gasteiger partial charge in [-0.3, -0.25) is 0 Å². The van der Waals surface area contributed by atoms with Crippen molar-refractivity contribution >= 4 is 5.70 Å². The van der Waals surface area contributed by atoms with Crippen molar-refractivity contribution in [3.8, 4) is 0 Å². The summed E-state index contributed by atoms with van der Waals surface area (Å²) in [6, 6.07) is 6.43. The van der Waals surface area contributed by atoms with Crippen molar-refractivity contribution in [2.24, 2.45) is 0 Å². The number of hydrogen-bond acceptors (Lipinski definition) is 2. The monoisotopic (exact) mass is 207 g/mol. The van der Waals surface area contributed by atoms with Gasteiger partial charge in [0.1, 0.15) is 5.82 Å². The zero-order valence-electron chi connectivity index (χ0n) is 8.58. The Bertz CT molecular complexity index is 341. The second-order valence-corrected chi connectivity index (χ2v) is 3.55. The number of halogens is 1. The molecule has 1 aromatic rings. The van der Waals surface area contributed by atoms with Crippen LogP contribution < -0.4 is 0 Å². The Morgan fingerprint density at radius 2 is 1.80 bits per heavy atom. The third kappa shape index (κ3) is 2.36. The van der Waals surface area contributed by atoms with Gasteiger partial charge >= 0.3 is 0 Å². The largest absolute Gasteiger partial charge is 0.378 e. The predicted molar refractivity (Wildman–Crippen MR) is 57.8 cm³/mol. The number of morpholine rings is 1. The second-order valence-electron chi connectivity index (χ2n) is 3.55. The van der Waals surface area contributed by atoms with Crippen molar-refractivity contribution in [2.75, 3.05) is 26.3 Å². The first-order valence-electron chi connectivity index (χ1n) is 5.05. The molecule has 1 fully saturated rings. The molecule has 0 N–H and O–H groups in total. The fourth-order valence-electron chi connectivity index (χ4n) is 1.66. The van der Waals surface area contributed by atoms with Crippen LogP contribution in [0, 0.1) is 5.82 Å². The molecule has 80 valence electrons. The molecule has 1 aromatic carbocycles. The highest BCUT2D eigenvalue weighted by Crippen LogP contribution is 2.18. The molecule has 0 spiro atoms. The van der Waals surface area contributed by atoms with Gasteiger partial charge in [0.25, 0.3) is 0 Å². The Hall–Kier alpha value is -1.35. The Labute approximate surface area is 89.0 Å². The van der Waals surface area contributed by atoms with Gasteiger partial charge in [-0.15, -0.1) is 0 Å². The minimum atomic E-state index is -0.214. The fraction of sp³-hybridized carbons (Fsp3) is 0.333. The Balaban J connectivity index is 2.09. The molecule has 0 bridgehead atoms. The van der Waals surface area contributed by atoms with E-state index in [1.54, 1.807) is 12.1 Å². The van der Waals surface area contributed by atoms with Crippen LogP contribution >= 0.6 is 0 Å². The third-order valence-electron chi connectivity index (χ3n) is 2.57. The van der Waals surface area contributed by atoms with Crippen LogP contribution in [0.25, 0.3) is 5.70 Å². The zero-order valence-corrected chi connectivity index (χ0v) is 8.58. The zero-order chi connectivity index (χ0) is 10.7. The normalized spacial score (nSPS) is 16.5. The quantitative estimate of drug-likeness (QED) is 0.736.